The van der Waals surface area contributed by atoms with E-state index in [9.17, 15) is 12.8 Å². The number of nitrogens with one attached hydrogen (secondary N) is 1. The molecule has 106 valence electrons. The Morgan fingerprint density at radius 2 is 1.90 bits per heavy atom. The molecular weight excluding hydrogens is 301 g/mol. The van der Waals surface area contributed by atoms with Crippen molar-refractivity contribution in [1.82, 2.24) is 0 Å². The normalized spacial score (nSPS) is 11.3. The van der Waals surface area contributed by atoms with Gasteiger partial charge >= 0.3 is 0 Å². The lowest BCUT2D eigenvalue weighted by Crippen LogP contribution is -2.15. The molecule has 2 aromatic carbocycles. The maximum Gasteiger partial charge on any atom is 0.262 e. The van der Waals surface area contributed by atoms with Gasteiger partial charge in [-0.15, -0.1) is 11.6 Å². The topological polar surface area (TPSA) is 46.2 Å². The maximum atomic E-state index is 13.0. The Hall–Kier alpha value is -1.59. The van der Waals surface area contributed by atoms with Crippen molar-refractivity contribution >= 4 is 27.3 Å². The van der Waals surface area contributed by atoms with Crippen molar-refractivity contribution in [2.45, 2.75) is 17.7 Å². The molecule has 0 radical (unpaired) electrons. The summed E-state index contributed by atoms with van der Waals surface area (Å²) in [5, 5.41) is 0. The predicted octanol–water partition coefficient (Wildman–Crippen LogP) is 3.67. The van der Waals surface area contributed by atoms with Crippen LogP contribution in [0.2, 0.25) is 0 Å². The molecule has 3 nitrogen and oxygen atoms in total. The number of aryl methyl sites for hydroxylation is 1. The molecule has 1 N–H and O–H groups in total. The van der Waals surface area contributed by atoms with Gasteiger partial charge in [-0.3, -0.25) is 4.72 Å². The number of halogens is 2. The van der Waals surface area contributed by atoms with Crippen molar-refractivity contribution in [2.75, 3.05) is 4.72 Å². The molecule has 0 amide bonds. The van der Waals surface area contributed by atoms with Gasteiger partial charge in [0.2, 0.25) is 0 Å². The van der Waals surface area contributed by atoms with Crippen LogP contribution in [0.4, 0.5) is 10.1 Å². The van der Waals surface area contributed by atoms with Crippen LogP contribution in [0.3, 0.4) is 0 Å². The third-order valence-corrected chi connectivity index (χ3v) is 4.65. The Bertz CT molecular complexity index is 732. The molecule has 0 atom stereocenters. The first-order chi connectivity index (χ1) is 9.44. The molecule has 2 aromatic rings. The minimum Gasteiger partial charge on any atom is -0.279 e. The van der Waals surface area contributed by atoms with Gasteiger partial charge in [0.15, 0.2) is 0 Å². The van der Waals surface area contributed by atoms with Crippen molar-refractivity contribution in [3.05, 3.63) is 59.4 Å². The zero-order valence-electron chi connectivity index (χ0n) is 10.7. The van der Waals surface area contributed by atoms with Gasteiger partial charge in [0, 0.05) is 5.88 Å². The highest BCUT2D eigenvalue weighted by Crippen LogP contribution is 2.23. The number of sulfonamides is 1. The summed E-state index contributed by atoms with van der Waals surface area (Å²) in [6.45, 7) is 1.55. The van der Waals surface area contributed by atoms with Gasteiger partial charge < -0.3 is 0 Å². The molecular formula is C14H13ClFNO2S. The van der Waals surface area contributed by atoms with E-state index in [1.54, 1.807) is 31.2 Å². The highest BCUT2D eigenvalue weighted by molar-refractivity contribution is 7.92. The summed E-state index contributed by atoms with van der Waals surface area (Å²) in [6.07, 6.45) is 0. The van der Waals surface area contributed by atoms with Crippen LogP contribution in [0.1, 0.15) is 11.1 Å². The Morgan fingerprint density at radius 3 is 2.55 bits per heavy atom. The Balaban J connectivity index is 2.41. The molecule has 0 aromatic heterocycles. The Kier molecular flexibility index (Phi) is 4.30. The van der Waals surface area contributed by atoms with Crippen LogP contribution in [0.25, 0.3) is 0 Å². The zero-order valence-corrected chi connectivity index (χ0v) is 12.3. The molecule has 6 heteroatoms. The molecule has 0 bridgehead atoms. The monoisotopic (exact) mass is 313 g/mol. The number of anilines is 1. The highest BCUT2D eigenvalue weighted by atomic mass is 35.5. The number of benzene rings is 2. The number of hydrogen-bond acceptors (Lipinski definition) is 2. The maximum absolute atomic E-state index is 13.0. The van der Waals surface area contributed by atoms with E-state index in [1.807, 2.05) is 0 Å². The lowest BCUT2D eigenvalue weighted by molar-refractivity contribution is 0.598. The van der Waals surface area contributed by atoms with Gasteiger partial charge in [0.25, 0.3) is 10.0 Å². The molecule has 0 aliphatic heterocycles. The standard InChI is InChI=1S/C14H13ClFNO2S/c1-10-8-12(16)6-7-14(10)20(18,19)17-13-5-3-2-4-11(13)9-15/h2-8,17H,9H2,1H3. The van der Waals surface area contributed by atoms with Gasteiger partial charge in [0.1, 0.15) is 5.82 Å². The fourth-order valence-corrected chi connectivity index (χ4v) is 3.41. The van der Waals surface area contributed by atoms with E-state index in [2.05, 4.69) is 4.72 Å². The summed E-state index contributed by atoms with van der Waals surface area (Å²) >= 11 is 5.77. The van der Waals surface area contributed by atoms with Gasteiger partial charge in [0.05, 0.1) is 10.6 Å². The largest absolute Gasteiger partial charge is 0.279 e. The van der Waals surface area contributed by atoms with Crippen molar-refractivity contribution in [1.29, 1.82) is 0 Å². The van der Waals surface area contributed by atoms with Crippen molar-refractivity contribution < 1.29 is 12.8 Å². The van der Waals surface area contributed by atoms with Crippen LogP contribution in [-0.4, -0.2) is 8.42 Å². The fraction of sp³-hybridized carbons (Fsp3) is 0.143. The highest BCUT2D eigenvalue weighted by Gasteiger charge is 2.18. The van der Waals surface area contributed by atoms with Crippen molar-refractivity contribution in [3.8, 4) is 0 Å². The average Bonchev–Trinajstić information content (AvgIpc) is 2.38. The van der Waals surface area contributed by atoms with Gasteiger partial charge in [-0.25, -0.2) is 12.8 Å². The summed E-state index contributed by atoms with van der Waals surface area (Å²) < 4.78 is 40.2. The van der Waals surface area contributed by atoms with E-state index >= 15 is 0 Å². The third-order valence-electron chi connectivity index (χ3n) is 2.83. The molecule has 0 saturated carbocycles. The minimum absolute atomic E-state index is 0.0447. The van der Waals surface area contributed by atoms with Gasteiger partial charge in [-0.05, 0) is 42.3 Å². The molecule has 0 fully saturated rings. The first-order valence-electron chi connectivity index (χ1n) is 5.87. The molecule has 0 spiro atoms. The van der Waals surface area contributed by atoms with E-state index < -0.39 is 15.8 Å². The third kappa shape index (κ3) is 3.11. The summed E-state index contributed by atoms with van der Waals surface area (Å²) in [6, 6.07) is 10.4. The second-order valence-electron chi connectivity index (χ2n) is 4.31. The summed E-state index contributed by atoms with van der Waals surface area (Å²) in [5.74, 6) is -0.274. The number of rotatable bonds is 4. The molecule has 0 saturated heterocycles. The van der Waals surface area contributed by atoms with Gasteiger partial charge in [-0.1, -0.05) is 18.2 Å². The van der Waals surface area contributed by atoms with E-state index in [4.69, 9.17) is 11.6 Å². The number of alkyl halides is 1. The van der Waals surface area contributed by atoms with Crippen LogP contribution >= 0.6 is 11.6 Å². The lowest BCUT2D eigenvalue weighted by atomic mass is 10.2. The fourth-order valence-electron chi connectivity index (χ4n) is 1.85. The molecule has 0 heterocycles. The first kappa shape index (κ1) is 14.8. The summed E-state index contributed by atoms with van der Waals surface area (Å²) in [4.78, 5) is 0.0447. The SMILES string of the molecule is Cc1cc(F)ccc1S(=O)(=O)Nc1ccccc1CCl. The van der Waals surface area contributed by atoms with Crippen LogP contribution < -0.4 is 4.72 Å². The van der Waals surface area contributed by atoms with Gasteiger partial charge in [-0.2, -0.15) is 0 Å². The van der Waals surface area contributed by atoms with E-state index in [1.165, 1.54) is 12.1 Å². The quantitative estimate of drug-likeness (QED) is 0.875. The Labute approximate surface area is 122 Å². The van der Waals surface area contributed by atoms with Crippen molar-refractivity contribution in [3.63, 3.8) is 0 Å². The molecule has 0 aliphatic carbocycles. The molecule has 20 heavy (non-hydrogen) atoms. The van der Waals surface area contributed by atoms with Crippen LogP contribution in [0.15, 0.2) is 47.4 Å². The zero-order chi connectivity index (χ0) is 14.8. The van der Waals surface area contributed by atoms with Crippen molar-refractivity contribution in [2.24, 2.45) is 0 Å². The minimum atomic E-state index is -3.77. The summed E-state index contributed by atoms with van der Waals surface area (Å²) in [5.41, 5.74) is 1.45. The number of hydrogen-bond donors (Lipinski definition) is 1. The second kappa shape index (κ2) is 5.81. The van der Waals surface area contributed by atoms with E-state index in [0.717, 1.165) is 6.07 Å². The van der Waals surface area contributed by atoms with Crippen LogP contribution in [0, 0.1) is 12.7 Å². The molecule has 0 aliphatic rings. The second-order valence-corrected chi connectivity index (χ2v) is 6.22. The average molecular weight is 314 g/mol. The molecule has 2 rings (SSSR count). The lowest BCUT2D eigenvalue weighted by Gasteiger charge is -2.12. The predicted molar refractivity (Wildman–Crippen MR) is 77.9 cm³/mol. The van der Waals surface area contributed by atoms with Crippen LogP contribution in [-0.2, 0) is 15.9 Å². The first-order valence-corrected chi connectivity index (χ1v) is 7.88. The van der Waals surface area contributed by atoms with Crippen LogP contribution in [0.5, 0.6) is 0 Å². The molecule has 0 unspecified atom stereocenters. The van der Waals surface area contributed by atoms with E-state index in [-0.39, 0.29) is 10.8 Å². The Morgan fingerprint density at radius 1 is 1.20 bits per heavy atom. The summed E-state index contributed by atoms with van der Waals surface area (Å²) in [7, 11) is -3.77. The van der Waals surface area contributed by atoms with E-state index in [0.29, 0.717) is 16.8 Å². The smallest absolute Gasteiger partial charge is 0.262 e. The number of para-hydroxylation sites is 1.